The smallest absolute Gasteiger partial charge is 0.453 e. The Balaban J connectivity index is 1.52. The van der Waals surface area contributed by atoms with Crippen molar-refractivity contribution in [2.24, 2.45) is 0 Å². The van der Waals surface area contributed by atoms with Gasteiger partial charge in [0.2, 0.25) is 0 Å². The molecule has 3 rings (SSSR count). The van der Waals surface area contributed by atoms with Crippen LogP contribution in [0.25, 0.3) is 11.1 Å². The first-order valence-electron chi connectivity index (χ1n) is 16.2. The van der Waals surface area contributed by atoms with Gasteiger partial charge in [0.25, 0.3) is 0 Å². The van der Waals surface area contributed by atoms with Crippen molar-refractivity contribution >= 4 is 22.3 Å². The normalized spacial score (nSPS) is 15.2. The van der Waals surface area contributed by atoms with Crippen LogP contribution in [-0.4, -0.2) is 68.5 Å². The minimum Gasteiger partial charge on any atom is -0.616 e. The van der Waals surface area contributed by atoms with Crippen LogP contribution in [0.2, 0.25) is 0 Å². The van der Waals surface area contributed by atoms with Gasteiger partial charge in [-0.3, -0.25) is 0 Å². The number of benzene rings is 2. The molecule has 0 aromatic heterocycles. The first-order chi connectivity index (χ1) is 22.0. The Morgan fingerprint density at radius 2 is 1.51 bits per heavy atom. The van der Waals surface area contributed by atoms with Gasteiger partial charge in [-0.2, -0.15) is 22.0 Å². The topological polar surface area (TPSA) is 66.8 Å². The number of aromatic hydroxyl groups is 1. The maximum atomic E-state index is 14.2. The van der Waals surface area contributed by atoms with E-state index in [1.165, 1.54) is 6.07 Å². The first-order valence-corrected chi connectivity index (χ1v) is 17.7. The van der Waals surface area contributed by atoms with Crippen molar-refractivity contribution in [1.29, 1.82) is 0 Å². The largest absolute Gasteiger partial charge is 0.616 e. The summed E-state index contributed by atoms with van der Waals surface area (Å²) in [6.07, 6.45) is -0.573. The second-order valence-electron chi connectivity index (χ2n) is 13.0. The molecule has 0 bridgehead atoms. The molecule has 2 aromatic rings. The highest BCUT2D eigenvalue weighted by Crippen LogP contribution is 2.40. The molecule has 4 nitrogen and oxygen atoms in total. The second kappa shape index (κ2) is 17.4. The minimum absolute atomic E-state index is 0.175. The number of fused-ring (bicyclic) bond motifs is 1. The summed E-state index contributed by atoms with van der Waals surface area (Å²) in [5.74, 6) is -6.43. The number of hydrogen-bond acceptors (Lipinski definition) is 4. The van der Waals surface area contributed by atoms with Crippen LogP contribution in [-0.2, 0) is 17.6 Å². The SMILES string of the molecule is CC(C)(O)CN(CCCCCCC1=C(c2ccc(F)c(F)c2)CCCc2cc(O)ccc21)CCC[S+]([O-])CCCC(F)(F)C(F)(F)F. The molecule has 1 aliphatic carbocycles. The van der Waals surface area contributed by atoms with Crippen LogP contribution in [0.4, 0.5) is 30.7 Å². The Morgan fingerprint density at radius 3 is 2.19 bits per heavy atom. The second-order valence-corrected chi connectivity index (χ2v) is 14.7. The number of phenols is 1. The van der Waals surface area contributed by atoms with Crippen LogP contribution in [0, 0.1) is 11.6 Å². The summed E-state index contributed by atoms with van der Waals surface area (Å²) in [4.78, 5) is 2.05. The van der Waals surface area contributed by atoms with Gasteiger partial charge in [-0.25, -0.2) is 8.78 Å². The molecule has 12 heteroatoms. The number of aliphatic hydroxyl groups is 1. The molecule has 2 N–H and O–H groups in total. The number of hydrogen-bond donors (Lipinski definition) is 2. The third-order valence-corrected chi connectivity index (χ3v) is 9.79. The summed E-state index contributed by atoms with van der Waals surface area (Å²) in [5, 5.41) is 20.5. The van der Waals surface area contributed by atoms with E-state index in [9.17, 15) is 45.5 Å². The van der Waals surface area contributed by atoms with Crippen LogP contribution in [0.1, 0.15) is 94.7 Å². The molecule has 0 saturated heterocycles. The maximum absolute atomic E-state index is 14.2. The van der Waals surface area contributed by atoms with Crippen LogP contribution >= 0.6 is 0 Å². The minimum atomic E-state index is -5.61. The monoisotopic (exact) mass is 693 g/mol. The number of phenolic OH excluding ortho intramolecular Hbond substituents is 1. The van der Waals surface area contributed by atoms with Crippen molar-refractivity contribution in [3.63, 3.8) is 0 Å². The molecule has 1 atom stereocenters. The van der Waals surface area contributed by atoms with Gasteiger partial charge in [-0.05, 0) is 117 Å². The standard InChI is InChI=1S/C35H46F7NO3S/c1-33(2,45)24-43(19-9-21-47(46)20-8-17-34(38,39)35(40,41)42)18-6-4-3-5-11-30-28(26-13-16-31(36)32(37)23-26)12-7-10-25-22-27(44)14-15-29(25)30/h13-16,22-23,44-45H,3-12,17-21,24H2,1-2H3. The summed E-state index contributed by atoms with van der Waals surface area (Å²) >= 11 is -1.52. The summed E-state index contributed by atoms with van der Waals surface area (Å²) in [7, 11) is 0. The van der Waals surface area contributed by atoms with Crippen molar-refractivity contribution in [2.75, 3.05) is 31.1 Å². The predicted octanol–water partition coefficient (Wildman–Crippen LogP) is 9.06. The Hall–Kier alpha value is -2.28. The lowest BCUT2D eigenvalue weighted by molar-refractivity contribution is -0.284. The molecule has 0 saturated carbocycles. The van der Waals surface area contributed by atoms with E-state index < -0.39 is 53.4 Å². The molecule has 0 heterocycles. The highest BCUT2D eigenvalue weighted by molar-refractivity contribution is 7.91. The van der Waals surface area contributed by atoms with E-state index in [-0.39, 0.29) is 17.3 Å². The van der Waals surface area contributed by atoms with Gasteiger partial charge in [0.15, 0.2) is 11.6 Å². The Labute approximate surface area is 276 Å². The van der Waals surface area contributed by atoms with Gasteiger partial charge in [0.05, 0.1) is 5.60 Å². The van der Waals surface area contributed by atoms with Crippen molar-refractivity contribution in [3.05, 3.63) is 64.7 Å². The number of allylic oxidation sites excluding steroid dienone is 2. The van der Waals surface area contributed by atoms with Gasteiger partial charge in [0.1, 0.15) is 17.3 Å². The van der Waals surface area contributed by atoms with Gasteiger partial charge >= 0.3 is 12.1 Å². The van der Waals surface area contributed by atoms with E-state index in [0.29, 0.717) is 38.0 Å². The number of aryl methyl sites for hydroxylation is 1. The molecule has 47 heavy (non-hydrogen) atoms. The molecule has 0 aliphatic heterocycles. The lowest BCUT2D eigenvalue weighted by Gasteiger charge is -2.29. The zero-order chi connectivity index (χ0) is 34.8. The number of unbranched alkanes of at least 4 members (excludes halogenated alkanes) is 3. The van der Waals surface area contributed by atoms with Crippen LogP contribution in [0.15, 0.2) is 36.4 Å². The van der Waals surface area contributed by atoms with E-state index in [0.717, 1.165) is 73.3 Å². The molecule has 1 aliphatic rings. The van der Waals surface area contributed by atoms with E-state index in [4.69, 9.17) is 0 Å². The predicted molar refractivity (Wildman–Crippen MR) is 173 cm³/mol. The lowest BCUT2D eigenvalue weighted by atomic mass is 9.89. The van der Waals surface area contributed by atoms with E-state index >= 15 is 0 Å². The zero-order valence-corrected chi connectivity index (χ0v) is 27.9. The summed E-state index contributed by atoms with van der Waals surface area (Å²) in [6, 6.07) is 9.31. The van der Waals surface area contributed by atoms with Crippen LogP contribution < -0.4 is 0 Å². The van der Waals surface area contributed by atoms with Gasteiger partial charge in [-0.15, -0.1) is 0 Å². The third-order valence-electron chi connectivity index (χ3n) is 8.30. The summed E-state index contributed by atoms with van der Waals surface area (Å²) < 4.78 is 103. The number of rotatable bonds is 18. The van der Waals surface area contributed by atoms with E-state index in [1.807, 2.05) is 11.0 Å². The number of nitrogens with zero attached hydrogens (tertiary/aromatic N) is 1. The Morgan fingerprint density at radius 1 is 0.830 bits per heavy atom. The quantitative estimate of drug-likeness (QED) is 0.0929. The van der Waals surface area contributed by atoms with Gasteiger partial charge in [-0.1, -0.05) is 36.2 Å². The van der Waals surface area contributed by atoms with Crippen LogP contribution in [0.3, 0.4) is 0 Å². The fraction of sp³-hybridized carbons (Fsp3) is 0.600. The molecular weight excluding hydrogens is 647 g/mol. The van der Waals surface area contributed by atoms with Crippen molar-refractivity contribution in [2.45, 2.75) is 102 Å². The van der Waals surface area contributed by atoms with E-state index in [1.54, 1.807) is 32.0 Å². The first kappa shape index (κ1) is 39.2. The molecule has 0 radical (unpaired) electrons. The van der Waals surface area contributed by atoms with E-state index in [2.05, 4.69) is 0 Å². The molecule has 0 fully saturated rings. The summed E-state index contributed by atoms with van der Waals surface area (Å²) in [5.41, 5.74) is 3.77. The molecular formula is C35H46F7NO3S. The zero-order valence-electron chi connectivity index (χ0n) is 27.1. The fourth-order valence-corrected chi connectivity index (χ4v) is 7.22. The third kappa shape index (κ3) is 12.6. The lowest BCUT2D eigenvalue weighted by Crippen LogP contribution is -2.40. The van der Waals surface area contributed by atoms with Crippen molar-refractivity contribution in [1.82, 2.24) is 4.90 Å². The Bertz CT molecular complexity index is 1330. The summed E-state index contributed by atoms with van der Waals surface area (Å²) in [6.45, 7) is 4.90. The molecule has 0 amide bonds. The average Bonchev–Trinajstić information content (AvgIpc) is 3.13. The fourth-order valence-electron chi connectivity index (χ4n) is 6.09. The molecule has 0 spiro atoms. The van der Waals surface area contributed by atoms with Crippen molar-refractivity contribution in [3.8, 4) is 5.75 Å². The maximum Gasteiger partial charge on any atom is 0.453 e. The number of halogens is 7. The average molecular weight is 694 g/mol. The highest BCUT2D eigenvalue weighted by atomic mass is 32.2. The number of alkyl halides is 5. The molecule has 1 unspecified atom stereocenters. The van der Waals surface area contributed by atoms with Gasteiger partial charge < -0.3 is 19.7 Å². The highest BCUT2D eigenvalue weighted by Gasteiger charge is 2.56. The van der Waals surface area contributed by atoms with Crippen LogP contribution in [0.5, 0.6) is 5.75 Å². The van der Waals surface area contributed by atoms with Gasteiger partial charge in [0, 0.05) is 25.9 Å². The Kier molecular flexibility index (Phi) is 14.5. The molecule has 264 valence electrons. The molecule has 2 aromatic carbocycles. The van der Waals surface area contributed by atoms with Crippen molar-refractivity contribution < 1.29 is 45.5 Å².